The third kappa shape index (κ3) is 5.92. The number of hydrogen-bond donors (Lipinski definition) is 3. The monoisotopic (exact) mass is 337 g/mol. The summed E-state index contributed by atoms with van der Waals surface area (Å²) >= 11 is 0. The van der Waals surface area contributed by atoms with E-state index in [1.165, 1.54) is 0 Å². The molecule has 3 N–H and O–H groups in total. The van der Waals surface area contributed by atoms with Gasteiger partial charge in [0.25, 0.3) is 0 Å². The highest BCUT2D eigenvalue weighted by molar-refractivity contribution is 5.94. The number of methoxy groups -OCH3 is 1. The zero-order chi connectivity index (χ0) is 18.0. The number of guanidine groups is 1. The molecule has 0 heterocycles. The number of nitrogens with zero attached hydrogens (tertiary/aromatic N) is 1. The van der Waals surface area contributed by atoms with Crippen molar-refractivity contribution in [3.8, 4) is 11.5 Å². The standard InChI is InChI=1S/C18H31N3O3/c1-6-18(22,7-2)13-20-17(19-8-3)21-14-10-11-15(24-9-4)16(12-14)23-5/h10-12,22H,6-9,13H2,1-5H3,(H2,19,20,21). The summed E-state index contributed by atoms with van der Waals surface area (Å²) in [5.41, 5.74) is 0.0744. The number of benzene rings is 1. The minimum absolute atomic E-state index is 0.351. The van der Waals surface area contributed by atoms with Gasteiger partial charge in [0.2, 0.25) is 0 Å². The zero-order valence-corrected chi connectivity index (χ0v) is 15.5. The first-order valence-corrected chi connectivity index (χ1v) is 8.60. The number of rotatable bonds is 9. The molecule has 0 spiro atoms. The molecule has 0 atom stereocenters. The molecule has 0 aliphatic rings. The quantitative estimate of drug-likeness (QED) is 0.477. The molecule has 0 radical (unpaired) electrons. The minimum atomic E-state index is -0.765. The molecule has 0 saturated heterocycles. The van der Waals surface area contributed by atoms with Gasteiger partial charge >= 0.3 is 0 Å². The molecule has 0 unspecified atom stereocenters. The second kappa shape index (κ2) is 10.0. The normalized spacial score (nSPS) is 12.0. The Morgan fingerprint density at radius 3 is 2.42 bits per heavy atom. The largest absolute Gasteiger partial charge is 0.493 e. The molecule has 0 bridgehead atoms. The van der Waals surface area contributed by atoms with Crippen molar-refractivity contribution >= 4 is 11.6 Å². The summed E-state index contributed by atoms with van der Waals surface area (Å²) in [6.07, 6.45) is 1.34. The number of anilines is 1. The number of ether oxygens (including phenoxy) is 2. The molecule has 1 rings (SSSR count). The Kier molecular flexibility index (Phi) is 8.40. The molecule has 1 aromatic carbocycles. The molecule has 0 saturated carbocycles. The van der Waals surface area contributed by atoms with E-state index in [1.54, 1.807) is 7.11 Å². The number of hydrogen-bond acceptors (Lipinski definition) is 4. The fourth-order valence-electron chi connectivity index (χ4n) is 2.16. The lowest BCUT2D eigenvalue weighted by molar-refractivity contribution is 0.0419. The van der Waals surface area contributed by atoms with Crippen molar-refractivity contribution in [3.05, 3.63) is 18.2 Å². The second-order valence-electron chi connectivity index (χ2n) is 5.55. The fourth-order valence-corrected chi connectivity index (χ4v) is 2.16. The summed E-state index contributed by atoms with van der Waals surface area (Å²) in [7, 11) is 1.61. The van der Waals surface area contributed by atoms with Crippen molar-refractivity contribution < 1.29 is 14.6 Å². The first-order chi connectivity index (χ1) is 11.5. The van der Waals surface area contributed by atoms with Gasteiger partial charge < -0.3 is 25.2 Å². The first-order valence-electron chi connectivity index (χ1n) is 8.60. The van der Waals surface area contributed by atoms with Gasteiger partial charge in [0.1, 0.15) is 0 Å². The van der Waals surface area contributed by atoms with E-state index < -0.39 is 5.60 Å². The predicted octanol–water partition coefficient (Wildman–Crippen LogP) is 3.02. The van der Waals surface area contributed by atoms with Crippen LogP contribution in [0.1, 0.15) is 40.5 Å². The number of aliphatic hydroxyl groups is 1. The Labute approximate surface area is 145 Å². The lowest BCUT2D eigenvalue weighted by atomic mass is 9.98. The summed E-state index contributed by atoms with van der Waals surface area (Å²) in [6, 6.07) is 5.64. The molecule has 0 fully saturated rings. The zero-order valence-electron chi connectivity index (χ0n) is 15.5. The molecule has 24 heavy (non-hydrogen) atoms. The van der Waals surface area contributed by atoms with Crippen LogP contribution in [0.5, 0.6) is 11.5 Å². The van der Waals surface area contributed by atoms with Crippen molar-refractivity contribution in [1.29, 1.82) is 0 Å². The van der Waals surface area contributed by atoms with E-state index in [-0.39, 0.29) is 0 Å². The summed E-state index contributed by atoms with van der Waals surface area (Å²) in [5.74, 6) is 2.00. The third-order valence-corrected chi connectivity index (χ3v) is 3.92. The van der Waals surface area contributed by atoms with Gasteiger partial charge in [-0.15, -0.1) is 0 Å². The van der Waals surface area contributed by atoms with Gasteiger partial charge in [0.15, 0.2) is 17.5 Å². The highest BCUT2D eigenvalue weighted by Gasteiger charge is 2.21. The van der Waals surface area contributed by atoms with E-state index in [0.29, 0.717) is 43.5 Å². The van der Waals surface area contributed by atoms with Crippen molar-refractivity contribution in [1.82, 2.24) is 5.32 Å². The Balaban J connectivity index is 2.91. The molecule has 0 aliphatic heterocycles. The maximum absolute atomic E-state index is 10.4. The van der Waals surface area contributed by atoms with E-state index in [4.69, 9.17) is 9.47 Å². The second-order valence-corrected chi connectivity index (χ2v) is 5.55. The predicted molar refractivity (Wildman–Crippen MR) is 99.3 cm³/mol. The van der Waals surface area contributed by atoms with Crippen molar-refractivity contribution in [3.63, 3.8) is 0 Å². The molecule has 0 aromatic heterocycles. The smallest absolute Gasteiger partial charge is 0.195 e. The molecule has 0 amide bonds. The summed E-state index contributed by atoms with van der Waals surface area (Å²) in [5, 5.41) is 16.8. The lowest BCUT2D eigenvalue weighted by Gasteiger charge is -2.23. The van der Waals surface area contributed by atoms with E-state index in [0.717, 1.165) is 12.2 Å². The van der Waals surface area contributed by atoms with E-state index in [1.807, 2.05) is 45.9 Å². The van der Waals surface area contributed by atoms with Crippen LogP contribution in [0.3, 0.4) is 0 Å². The van der Waals surface area contributed by atoms with Gasteiger partial charge in [-0.05, 0) is 38.8 Å². The maximum Gasteiger partial charge on any atom is 0.195 e. The lowest BCUT2D eigenvalue weighted by Crippen LogP contribution is -2.35. The van der Waals surface area contributed by atoms with Gasteiger partial charge in [-0.3, -0.25) is 4.99 Å². The van der Waals surface area contributed by atoms with Gasteiger partial charge in [-0.1, -0.05) is 13.8 Å². The Morgan fingerprint density at radius 1 is 1.17 bits per heavy atom. The molecular weight excluding hydrogens is 306 g/mol. The van der Waals surface area contributed by atoms with E-state index >= 15 is 0 Å². The summed E-state index contributed by atoms with van der Waals surface area (Å²) in [6.45, 7) is 9.54. The van der Waals surface area contributed by atoms with Crippen LogP contribution in [-0.2, 0) is 0 Å². The molecule has 6 heteroatoms. The van der Waals surface area contributed by atoms with Gasteiger partial charge in [-0.2, -0.15) is 0 Å². The van der Waals surface area contributed by atoms with Crippen LogP contribution in [0.2, 0.25) is 0 Å². The Bertz CT molecular complexity index is 528. The molecule has 1 aromatic rings. The third-order valence-electron chi connectivity index (χ3n) is 3.92. The molecule has 0 aliphatic carbocycles. The van der Waals surface area contributed by atoms with Crippen molar-refractivity contribution in [2.75, 3.05) is 32.1 Å². The van der Waals surface area contributed by atoms with E-state index in [9.17, 15) is 5.11 Å². The van der Waals surface area contributed by atoms with Gasteiger partial charge in [0.05, 0.1) is 25.9 Å². The van der Waals surface area contributed by atoms with Crippen LogP contribution in [0.4, 0.5) is 5.69 Å². The average molecular weight is 337 g/mol. The Hall–Kier alpha value is -1.95. The fraction of sp³-hybridized carbons (Fsp3) is 0.611. The molecular formula is C18H31N3O3. The van der Waals surface area contributed by atoms with Crippen LogP contribution in [0, 0.1) is 0 Å². The van der Waals surface area contributed by atoms with Crippen LogP contribution >= 0.6 is 0 Å². The van der Waals surface area contributed by atoms with Gasteiger partial charge in [-0.25, -0.2) is 0 Å². The van der Waals surface area contributed by atoms with Gasteiger partial charge in [0, 0.05) is 18.3 Å². The summed E-state index contributed by atoms with van der Waals surface area (Å²) in [4.78, 5) is 4.51. The van der Waals surface area contributed by atoms with Crippen LogP contribution < -0.4 is 20.1 Å². The molecule has 6 nitrogen and oxygen atoms in total. The average Bonchev–Trinajstić information content (AvgIpc) is 2.61. The minimum Gasteiger partial charge on any atom is -0.493 e. The van der Waals surface area contributed by atoms with Crippen LogP contribution in [-0.4, -0.2) is 43.5 Å². The topological polar surface area (TPSA) is 75.1 Å². The Morgan fingerprint density at radius 2 is 1.88 bits per heavy atom. The van der Waals surface area contributed by atoms with Crippen LogP contribution in [0.25, 0.3) is 0 Å². The highest BCUT2D eigenvalue weighted by Crippen LogP contribution is 2.30. The maximum atomic E-state index is 10.4. The van der Waals surface area contributed by atoms with Crippen LogP contribution in [0.15, 0.2) is 23.2 Å². The SMILES string of the molecule is CCNC(=NCC(O)(CC)CC)Nc1ccc(OCC)c(OC)c1. The highest BCUT2D eigenvalue weighted by atomic mass is 16.5. The number of nitrogens with one attached hydrogen (secondary N) is 2. The van der Waals surface area contributed by atoms with E-state index in [2.05, 4.69) is 15.6 Å². The number of aliphatic imine (C=N–C) groups is 1. The summed E-state index contributed by atoms with van der Waals surface area (Å²) < 4.78 is 10.9. The first kappa shape index (κ1) is 20.1. The molecule has 136 valence electrons. The van der Waals surface area contributed by atoms with Crippen molar-refractivity contribution in [2.24, 2.45) is 4.99 Å². The van der Waals surface area contributed by atoms with Crippen molar-refractivity contribution in [2.45, 2.75) is 46.1 Å².